The van der Waals surface area contributed by atoms with E-state index < -0.39 is 4.92 Å². The summed E-state index contributed by atoms with van der Waals surface area (Å²) in [4.78, 5) is 12.3. The molecule has 0 radical (unpaired) electrons. The normalized spacial score (nSPS) is 9.85. The highest BCUT2D eigenvalue weighted by Crippen LogP contribution is 2.13. The largest absolute Gasteiger partial charge is 0.359 e. The first kappa shape index (κ1) is 16.1. The molecule has 0 aliphatic heterocycles. The average Bonchev–Trinajstić information content (AvgIpc) is 2.44. The molecule has 108 valence electrons. The minimum atomic E-state index is -0.399. The Bertz CT molecular complexity index is 474. The summed E-state index contributed by atoms with van der Waals surface area (Å²) >= 11 is 5.33. The van der Waals surface area contributed by atoms with E-state index in [1.165, 1.54) is 12.1 Å². The van der Waals surface area contributed by atoms with Crippen LogP contribution in [0.25, 0.3) is 0 Å². The van der Waals surface area contributed by atoms with Gasteiger partial charge in [0.2, 0.25) is 0 Å². The maximum Gasteiger partial charge on any atom is 0.269 e. The number of non-ortho nitro benzene ring substituents is 1. The van der Waals surface area contributed by atoms with E-state index in [0.717, 1.165) is 18.5 Å². The van der Waals surface area contributed by atoms with Crippen molar-refractivity contribution in [3.63, 3.8) is 0 Å². The van der Waals surface area contributed by atoms with Crippen molar-refractivity contribution in [3.8, 4) is 0 Å². The van der Waals surface area contributed by atoms with Gasteiger partial charge in [0.05, 0.1) is 4.92 Å². The van der Waals surface area contributed by atoms with Crippen molar-refractivity contribution in [2.45, 2.75) is 19.9 Å². The number of nitro benzene ring substituents is 1. The Labute approximate surface area is 124 Å². The molecule has 1 aromatic carbocycles. The van der Waals surface area contributed by atoms with Crippen LogP contribution in [0.15, 0.2) is 36.9 Å². The first-order valence-electron chi connectivity index (χ1n) is 6.45. The molecule has 0 heterocycles. The van der Waals surface area contributed by atoms with Gasteiger partial charge in [-0.3, -0.25) is 10.1 Å². The van der Waals surface area contributed by atoms with Crippen molar-refractivity contribution in [1.82, 2.24) is 10.2 Å². The zero-order chi connectivity index (χ0) is 15.0. The smallest absolute Gasteiger partial charge is 0.269 e. The molecule has 0 amide bonds. The molecule has 6 heteroatoms. The highest BCUT2D eigenvalue weighted by atomic mass is 32.1. The predicted octanol–water partition coefficient (Wildman–Crippen LogP) is 2.87. The summed E-state index contributed by atoms with van der Waals surface area (Å²) in [7, 11) is 0. The summed E-state index contributed by atoms with van der Waals surface area (Å²) < 4.78 is 0. The summed E-state index contributed by atoms with van der Waals surface area (Å²) in [5.74, 6) is 0. The van der Waals surface area contributed by atoms with E-state index in [0.29, 0.717) is 18.2 Å². The molecule has 0 aliphatic rings. The monoisotopic (exact) mass is 293 g/mol. The van der Waals surface area contributed by atoms with Crippen molar-refractivity contribution in [3.05, 3.63) is 52.6 Å². The van der Waals surface area contributed by atoms with Crippen LogP contribution >= 0.6 is 12.2 Å². The van der Waals surface area contributed by atoms with E-state index in [2.05, 4.69) is 18.8 Å². The van der Waals surface area contributed by atoms with E-state index in [1.807, 2.05) is 4.90 Å². The lowest BCUT2D eigenvalue weighted by Gasteiger charge is -2.25. The Morgan fingerprint density at radius 3 is 2.65 bits per heavy atom. The quantitative estimate of drug-likeness (QED) is 0.362. The molecule has 0 fully saturated rings. The van der Waals surface area contributed by atoms with Gasteiger partial charge in [0.25, 0.3) is 5.69 Å². The number of rotatable bonds is 7. The highest BCUT2D eigenvalue weighted by Gasteiger charge is 2.10. The molecular formula is C14H19N3O2S. The number of benzene rings is 1. The summed E-state index contributed by atoms with van der Waals surface area (Å²) in [6.07, 6.45) is 2.73. The minimum Gasteiger partial charge on any atom is -0.359 e. The number of hydrogen-bond donors (Lipinski definition) is 1. The topological polar surface area (TPSA) is 58.4 Å². The van der Waals surface area contributed by atoms with Gasteiger partial charge in [0, 0.05) is 31.8 Å². The minimum absolute atomic E-state index is 0.100. The molecule has 0 saturated heterocycles. The fourth-order valence-corrected chi connectivity index (χ4v) is 1.98. The van der Waals surface area contributed by atoms with Gasteiger partial charge in [0.1, 0.15) is 0 Å². The summed E-state index contributed by atoms with van der Waals surface area (Å²) in [5, 5.41) is 14.4. The van der Waals surface area contributed by atoms with Gasteiger partial charge in [-0.2, -0.15) is 0 Å². The lowest BCUT2D eigenvalue weighted by molar-refractivity contribution is -0.384. The molecule has 0 atom stereocenters. The van der Waals surface area contributed by atoms with Crippen LogP contribution in [0.1, 0.15) is 18.9 Å². The van der Waals surface area contributed by atoms with Crippen LogP contribution in [-0.4, -0.2) is 28.0 Å². The van der Waals surface area contributed by atoms with Gasteiger partial charge < -0.3 is 10.2 Å². The van der Waals surface area contributed by atoms with Crippen LogP contribution < -0.4 is 5.32 Å². The molecule has 1 N–H and O–H groups in total. The van der Waals surface area contributed by atoms with Gasteiger partial charge in [-0.1, -0.05) is 25.1 Å². The number of nitro groups is 1. The molecule has 5 nitrogen and oxygen atoms in total. The van der Waals surface area contributed by atoms with E-state index in [9.17, 15) is 10.1 Å². The Morgan fingerprint density at radius 1 is 1.50 bits per heavy atom. The van der Waals surface area contributed by atoms with E-state index in [4.69, 9.17) is 12.2 Å². The molecular weight excluding hydrogens is 274 g/mol. The third kappa shape index (κ3) is 4.97. The number of hydrogen-bond acceptors (Lipinski definition) is 3. The predicted molar refractivity (Wildman–Crippen MR) is 84.6 cm³/mol. The van der Waals surface area contributed by atoms with Crippen LogP contribution in [0.4, 0.5) is 5.69 Å². The van der Waals surface area contributed by atoms with Crippen LogP contribution in [0.3, 0.4) is 0 Å². The fraction of sp³-hybridized carbons (Fsp3) is 0.357. The van der Waals surface area contributed by atoms with Gasteiger partial charge in [0.15, 0.2) is 5.11 Å². The number of thiocarbonyl (C=S) groups is 1. The van der Waals surface area contributed by atoms with Crippen molar-refractivity contribution < 1.29 is 4.92 Å². The van der Waals surface area contributed by atoms with Gasteiger partial charge >= 0.3 is 0 Å². The van der Waals surface area contributed by atoms with Crippen LogP contribution in [-0.2, 0) is 6.54 Å². The zero-order valence-corrected chi connectivity index (χ0v) is 12.4. The fourth-order valence-electron chi connectivity index (χ4n) is 1.74. The molecule has 0 aromatic heterocycles. The van der Waals surface area contributed by atoms with Crippen molar-refractivity contribution in [1.29, 1.82) is 0 Å². The van der Waals surface area contributed by atoms with Crippen LogP contribution in [0, 0.1) is 10.1 Å². The van der Waals surface area contributed by atoms with Crippen molar-refractivity contribution in [2.24, 2.45) is 0 Å². The number of nitrogens with one attached hydrogen (secondary N) is 1. The second-order valence-electron chi connectivity index (χ2n) is 4.32. The van der Waals surface area contributed by atoms with E-state index in [-0.39, 0.29) is 5.69 Å². The van der Waals surface area contributed by atoms with Gasteiger partial charge in [-0.25, -0.2) is 0 Å². The highest BCUT2D eigenvalue weighted by molar-refractivity contribution is 7.80. The molecule has 0 bridgehead atoms. The second kappa shape index (κ2) is 8.27. The second-order valence-corrected chi connectivity index (χ2v) is 4.71. The van der Waals surface area contributed by atoms with Gasteiger partial charge in [-0.05, 0) is 24.2 Å². The van der Waals surface area contributed by atoms with Crippen molar-refractivity contribution in [2.75, 3.05) is 13.1 Å². The van der Waals surface area contributed by atoms with E-state index >= 15 is 0 Å². The SMILES string of the molecule is C=CCNC(=S)N(CCC)Cc1ccc([N+](=O)[O-])cc1. The summed E-state index contributed by atoms with van der Waals surface area (Å²) in [5.41, 5.74) is 1.09. The maximum atomic E-state index is 10.6. The molecule has 0 unspecified atom stereocenters. The Morgan fingerprint density at radius 2 is 2.15 bits per heavy atom. The first-order chi connectivity index (χ1) is 9.58. The number of nitrogens with zero attached hydrogens (tertiary/aromatic N) is 2. The standard InChI is InChI=1S/C14H19N3O2S/c1-3-9-15-14(20)16(10-4-2)11-12-5-7-13(8-6-12)17(18)19/h3,5-8H,1,4,9-11H2,2H3,(H,15,20). The Balaban J connectivity index is 2.71. The average molecular weight is 293 g/mol. The van der Waals surface area contributed by atoms with Gasteiger partial charge in [-0.15, -0.1) is 6.58 Å². The summed E-state index contributed by atoms with van der Waals surface area (Å²) in [6.45, 7) is 7.82. The van der Waals surface area contributed by atoms with Crippen molar-refractivity contribution >= 4 is 23.0 Å². The lowest BCUT2D eigenvalue weighted by atomic mass is 10.2. The lowest BCUT2D eigenvalue weighted by Crippen LogP contribution is -2.39. The first-order valence-corrected chi connectivity index (χ1v) is 6.86. The zero-order valence-electron chi connectivity index (χ0n) is 11.5. The Hall–Kier alpha value is -1.95. The summed E-state index contributed by atoms with van der Waals surface area (Å²) in [6, 6.07) is 6.55. The molecule has 0 aliphatic carbocycles. The van der Waals surface area contributed by atoms with Crippen LogP contribution in [0.2, 0.25) is 0 Å². The third-order valence-electron chi connectivity index (χ3n) is 2.70. The molecule has 20 heavy (non-hydrogen) atoms. The van der Waals surface area contributed by atoms with Crippen LogP contribution in [0.5, 0.6) is 0 Å². The Kier molecular flexibility index (Phi) is 6.66. The third-order valence-corrected chi connectivity index (χ3v) is 3.10. The molecule has 0 spiro atoms. The maximum absolute atomic E-state index is 10.6. The molecule has 1 aromatic rings. The molecule has 1 rings (SSSR count). The molecule has 0 saturated carbocycles. The van der Waals surface area contributed by atoms with E-state index in [1.54, 1.807) is 18.2 Å².